The molecule has 1 N–H and O–H groups in total. The Morgan fingerprint density at radius 3 is 3.00 bits per heavy atom. The molecule has 0 saturated carbocycles. The molecule has 0 bridgehead atoms. The van der Waals surface area contributed by atoms with Gasteiger partial charge in [0.15, 0.2) is 0 Å². The summed E-state index contributed by atoms with van der Waals surface area (Å²) in [5.41, 5.74) is 2.12. The topological polar surface area (TPSA) is 42.6 Å². The SMILES string of the molecule is OC(Cc1ccoc1)C1COc2ccccc21. The summed E-state index contributed by atoms with van der Waals surface area (Å²) in [6.45, 7) is 0.554. The Balaban J connectivity index is 1.78. The van der Waals surface area contributed by atoms with Crippen LogP contribution in [-0.2, 0) is 6.42 Å². The molecule has 0 amide bonds. The number of hydrogen-bond acceptors (Lipinski definition) is 3. The summed E-state index contributed by atoms with van der Waals surface area (Å²) in [7, 11) is 0. The van der Waals surface area contributed by atoms with E-state index in [2.05, 4.69) is 0 Å². The van der Waals surface area contributed by atoms with Gasteiger partial charge in [0.2, 0.25) is 0 Å². The average Bonchev–Trinajstić information content (AvgIpc) is 2.96. The van der Waals surface area contributed by atoms with Crippen LogP contribution in [0.15, 0.2) is 47.3 Å². The van der Waals surface area contributed by atoms with Gasteiger partial charge in [-0.3, -0.25) is 0 Å². The van der Waals surface area contributed by atoms with E-state index in [1.165, 1.54) is 0 Å². The molecule has 88 valence electrons. The molecule has 0 spiro atoms. The zero-order valence-corrected chi connectivity index (χ0v) is 9.37. The fourth-order valence-electron chi connectivity index (χ4n) is 2.30. The lowest BCUT2D eigenvalue weighted by Gasteiger charge is -2.16. The van der Waals surface area contributed by atoms with Crippen molar-refractivity contribution in [2.75, 3.05) is 6.61 Å². The van der Waals surface area contributed by atoms with Crippen LogP contribution in [0.4, 0.5) is 0 Å². The molecule has 3 nitrogen and oxygen atoms in total. The number of fused-ring (bicyclic) bond motifs is 1. The van der Waals surface area contributed by atoms with Crippen LogP contribution in [0.3, 0.4) is 0 Å². The van der Waals surface area contributed by atoms with Gasteiger partial charge in [0, 0.05) is 17.9 Å². The highest BCUT2D eigenvalue weighted by molar-refractivity contribution is 5.40. The lowest BCUT2D eigenvalue weighted by Crippen LogP contribution is -2.22. The number of aliphatic hydroxyl groups excluding tert-OH is 1. The van der Waals surface area contributed by atoms with Crippen LogP contribution in [0.1, 0.15) is 17.0 Å². The van der Waals surface area contributed by atoms with E-state index in [0.717, 1.165) is 16.9 Å². The molecular weight excluding hydrogens is 216 g/mol. The number of rotatable bonds is 3. The van der Waals surface area contributed by atoms with Crippen molar-refractivity contribution in [3.8, 4) is 5.75 Å². The van der Waals surface area contributed by atoms with Crippen molar-refractivity contribution in [1.29, 1.82) is 0 Å². The maximum absolute atomic E-state index is 10.2. The van der Waals surface area contributed by atoms with E-state index in [1.54, 1.807) is 12.5 Å². The number of ether oxygens (including phenoxy) is 1. The number of furan rings is 1. The van der Waals surface area contributed by atoms with Gasteiger partial charge in [0.05, 0.1) is 25.2 Å². The Hall–Kier alpha value is -1.74. The zero-order valence-electron chi connectivity index (χ0n) is 9.37. The van der Waals surface area contributed by atoms with Crippen LogP contribution >= 0.6 is 0 Å². The molecule has 1 aliphatic rings. The van der Waals surface area contributed by atoms with E-state index in [-0.39, 0.29) is 5.92 Å². The third-order valence-electron chi connectivity index (χ3n) is 3.23. The molecule has 0 aliphatic carbocycles. The molecule has 2 unspecified atom stereocenters. The molecule has 0 radical (unpaired) electrons. The fourth-order valence-corrected chi connectivity index (χ4v) is 2.30. The summed E-state index contributed by atoms with van der Waals surface area (Å²) in [6.07, 6.45) is 3.46. The van der Waals surface area contributed by atoms with E-state index in [0.29, 0.717) is 13.0 Å². The second-order valence-electron chi connectivity index (χ2n) is 4.36. The second kappa shape index (κ2) is 4.26. The Bertz CT molecular complexity index is 490. The number of aliphatic hydroxyl groups is 1. The largest absolute Gasteiger partial charge is 0.493 e. The van der Waals surface area contributed by atoms with E-state index >= 15 is 0 Å². The van der Waals surface area contributed by atoms with Crippen LogP contribution in [0.2, 0.25) is 0 Å². The van der Waals surface area contributed by atoms with Gasteiger partial charge >= 0.3 is 0 Å². The normalized spacial score (nSPS) is 19.7. The van der Waals surface area contributed by atoms with Crippen LogP contribution in [-0.4, -0.2) is 17.8 Å². The van der Waals surface area contributed by atoms with E-state index in [1.807, 2.05) is 30.3 Å². The second-order valence-corrected chi connectivity index (χ2v) is 4.36. The predicted octanol–water partition coefficient (Wildman–Crippen LogP) is 2.36. The fraction of sp³-hybridized carbons (Fsp3) is 0.286. The van der Waals surface area contributed by atoms with Crippen molar-refractivity contribution in [2.24, 2.45) is 0 Å². The van der Waals surface area contributed by atoms with E-state index in [9.17, 15) is 5.11 Å². The lowest BCUT2D eigenvalue weighted by molar-refractivity contribution is 0.129. The molecule has 17 heavy (non-hydrogen) atoms. The standard InChI is InChI=1S/C14H14O3/c15-13(7-10-5-6-16-8-10)12-9-17-14-4-2-1-3-11(12)14/h1-6,8,12-13,15H,7,9H2. The smallest absolute Gasteiger partial charge is 0.123 e. The zero-order chi connectivity index (χ0) is 11.7. The molecule has 0 fully saturated rings. The maximum atomic E-state index is 10.2. The minimum absolute atomic E-state index is 0.0566. The lowest BCUT2D eigenvalue weighted by atomic mass is 9.92. The van der Waals surface area contributed by atoms with Gasteiger partial charge in [-0.25, -0.2) is 0 Å². The quantitative estimate of drug-likeness (QED) is 0.880. The summed E-state index contributed by atoms with van der Waals surface area (Å²) in [5.74, 6) is 0.949. The molecular formula is C14H14O3. The first-order valence-electron chi connectivity index (χ1n) is 5.75. The molecule has 2 heterocycles. The monoisotopic (exact) mass is 230 g/mol. The Morgan fingerprint density at radius 2 is 2.18 bits per heavy atom. The van der Waals surface area contributed by atoms with Gasteiger partial charge in [-0.1, -0.05) is 18.2 Å². The van der Waals surface area contributed by atoms with E-state index in [4.69, 9.17) is 9.15 Å². The molecule has 1 aliphatic heterocycles. The molecule has 3 rings (SSSR count). The summed E-state index contributed by atoms with van der Waals surface area (Å²) in [6, 6.07) is 9.77. The van der Waals surface area contributed by atoms with Gasteiger partial charge in [0.1, 0.15) is 5.75 Å². The highest BCUT2D eigenvalue weighted by atomic mass is 16.5. The molecule has 1 aromatic carbocycles. The molecule has 2 atom stereocenters. The maximum Gasteiger partial charge on any atom is 0.123 e. The first-order valence-corrected chi connectivity index (χ1v) is 5.75. The summed E-state index contributed by atoms with van der Waals surface area (Å²) in [5, 5.41) is 10.2. The third-order valence-corrected chi connectivity index (χ3v) is 3.23. The van der Waals surface area contributed by atoms with Crippen LogP contribution in [0.5, 0.6) is 5.75 Å². The third kappa shape index (κ3) is 1.94. The van der Waals surface area contributed by atoms with Crippen molar-refractivity contribution < 1.29 is 14.3 Å². The minimum Gasteiger partial charge on any atom is -0.493 e. The van der Waals surface area contributed by atoms with Gasteiger partial charge in [-0.05, 0) is 17.7 Å². The minimum atomic E-state index is -0.434. The Labute approximate surface area is 99.6 Å². The highest BCUT2D eigenvalue weighted by Crippen LogP contribution is 2.36. The summed E-state index contributed by atoms with van der Waals surface area (Å²) in [4.78, 5) is 0. The van der Waals surface area contributed by atoms with Crippen molar-refractivity contribution >= 4 is 0 Å². The summed E-state index contributed by atoms with van der Waals surface area (Å²) < 4.78 is 10.6. The Morgan fingerprint density at radius 1 is 1.29 bits per heavy atom. The van der Waals surface area contributed by atoms with Crippen molar-refractivity contribution in [1.82, 2.24) is 0 Å². The highest BCUT2D eigenvalue weighted by Gasteiger charge is 2.30. The molecule has 0 saturated heterocycles. The predicted molar refractivity (Wildman–Crippen MR) is 63.1 cm³/mol. The molecule has 2 aromatic rings. The van der Waals surface area contributed by atoms with Crippen LogP contribution < -0.4 is 4.74 Å². The average molecular weight is 230 g/mol. The van der Waals surface area contributed by atoms with Gasteiger partial charge < -0.3 is 14.3 Å². The molecule has 1 aromatic heterocycles. The van der Waals surface area contributed by atoms with Crippen molar-refractivity contribution in [2.45, 2.75) is 18.4 Å². The number of benzene rings is 1. The Kier molecular flexibility index (Phi) is 2.61. The number of hydrogen-bond donors (Lipinski definition) is 1. The molecule has 3 heteroatoms. The van der Waals surface area contributed by atoms with E-state index < -0.39 is 6.10 Å². The first-order chi connectivity index (χ1) is 8.34. The summed E-state index contributed by atoms with van der Waals surface area (Å²) >= 11 is 0. The van der Waals surface area contributed by atoms with Crippen molar-refractivity contribution in [3.05, 3.63) is 54.0 Å². The van der Waals surface area contributed by atoms with Gasteiger partial charge in [0.25, 0.3) is 0 Å². The van der Waals surface area contributed by atoms with Crippen LogP contribution in [0, 0.1) is 0 Å². The van der Waals surface area contributed by atoms with Crippen molar-refractivity contribution in [3.63, 3.8) is 0 Å². The van der Waals surface area contributed by atoms with Gasteiger partial charge in [-0.15, -0.1) is 0 Å². The van der Waals surface area contributed by atoms with Gasteiger partial charge in [-0.2, -0.15) is 0 Å². The first kappa shape index (κ1) is 10.4. The van der Waals surface area contributed by atoms with Crippen LogP contribution in [0.25, 0.3) is 0 Å². The number of para-hydroxylation sites is 1.